The number of rotatable bonds is 8. The summed E-state index contributed by atoms with van der Waals surface area (Å²) < 4.78 is 1.03. The van der Waals surface area contributed by atoms with Gasteiger partial charge in [0.1, 0.15) is 5.82 Å². The van der Waals surface area contributed by atoms with E-state index in [4.69, 9.17) is 0 Å². The van der Waals surface area contributed by atoms with Crippen molar-refractivity contribution in [1.29, 1.82) is 0 Å². The van der Waals surface area contributed by atoms with Crippen LogP contribution in [0.1, 0.15) is 18.9 Å². The van der Waals surface area contributed by atoms with Gasteiger partial charge in [-0.2, -0.15) is 0 Å². The minimum Gasteiger partial charge on any atom is -0.358 e. The van der Waals surface area contributed by atoms with Crippen LogP contribution in [0.3, 0.4) is 0 Å². The van der Waals surface area contributed by atoms with Gasteiger partial charge in [0.2, 0.25) is 0 Å². The van der Waals surface area contributed by atoms with Crippen LogP contribution in [0.4, 0.5) is 5.82 Å². The molecule has 1 aromatic rings. The lowest BCUT2D eigenvalue weighted by Crippen LogP contribution is -2.30. The van der Waals surface area contributed by atoms with Crippen LogP contribution in [0.5, 0.6) is 0 Å². The Labute approximate surface area is 125 Å². The van der Waals surface area contributed by atoms with Crippen LogP contribution < -0.4 is 10.2 Å². The number of anilines is 1. The van der Waals surface area contributed by atoms with E-state index >= 15 is 0 Å². The van der Waals surface area contributed by atoms with Crippen molar-refractivity contribution in [2.75, 3.05) is 45.7 Å². The molecule has 19 heavy (non-hydrogen) atoms. The van der Waals surface area contributed by atoms with Gasteiger partial charge < -0.3 is 15.1 Å². The minimum atomic E-state index is 0.863. The van der Waals surface area contributed by atoms with Crippen molar-refractivity contribution < 1.29 is 0 Å². The number of hydrogen-bond acceptors (Lipinski definition) is 4. The third kappa shape index (κ3) is 5.89. The summed E-state index contributed by atoms with van der Waals surface area (Å²) in [6, 6.07) is 2.15. The molecule has 0 spiro atoms. The summed E-state index contributed by atoms with van der Waals surface area (Å²) in [6.07, 6.45) is 3.01. The van der Waals surface area contributed by atoms with E-state index in [0.29, 0.717) is 0 Å². The summed E-state index contributed by atoms with van der Waals surface area (Å²) >= 11 is 3.50. The topological polar surface area (TPSA) is 31.4 Å². The SMILES string of the molecule is CCCNCc1cc(Br)cnc1N(C)CCN(C)C. The van der Waals surface area contributed by atoms with Crippen LogP contribution >= 0.6 is 15.9 Å². The van der Waals surface area contributed by atoms with Gasteiger partial charge in [-0.05, 0) is 49.1 Å². The zero-order valence-corrected chi connectivity index (χ0v) is 14.0. The summed E-state index contributed by atoms with van der Waals surface area (Å²) in [5.74, 6) is 1.06. The van der Waals surface area contributed by atoms with Crippen LogP contribution in [0.25, 0.3) is 0 Å². The molecule has 0 aliphatic rings. The predicted molar refractivity (Wildman–Crippen MR) is 85.8 cm³/mol. The molecule has 0 unspecified atom stereocenters. The summed E-state index contributed by atoms with van der Waals surface area (Å²) in [5, 5.41) is 3.44. The van der Waals surface area contributed by atoms with Crippen LogP contribution in [0.15, 0.2) is 16.7 Å². The second kappa shape index (κ2) is 8.51. The fourth-order valence-corrected chi connectivity index (χ4v) is 2.18. The molecule has 0 aromatic carbocycles. The van der Waals surface area contributed by atoms with E-state index < -0.39 is 0 Å². The van der Waals surface area contributed by atoms with E-state index in [-0.39, 0.29) is 0 Å². The number of nitrogens with zero attached hydrogens (tertiary/aromatic N) is 3. The molecule has 0 atom stereocenters. The highest BCUT2D eigenvalue weighted by molar-refractivity contribution is 9.10. The molecule has 0 aliphatic carbocycles. The van der Waals surface area contributed by atoms with Crippen LogP contribution in [0, 0.1) is 0 Å². The number of pyridine rings is 1. The maximum atomic E-state index is 4.56. The first-order chi connectivity index (χ1) is 9.04. The summed E-state index contributed by atoms with van der Waals surface area (Å²) in [5.41, 5.74) is 1.24. The summed E-state index contributed by atoms with van der Waals surface area (Å²) in [4.78, 5) is 8.96. The van der Waals surface area contributed by atoms with Gasteiger partial charge in [-0.25, -0.2) is 4.98 Å². The van der Waals surface area contributed by atoms with E-state index in [1.807, 2.05) is 6.20 Å². The molecule has 1 heterocycles. The first-order valence-electron chi connectivity index (χ1n) is 6.75. The van der Waals surface area contributed by atoms with Gasteiger partial charge in [0.15, 0.2) is 0 Å². The zero-order valence-electron chi connectivity index (χ0n) is 12.4. The van der Waals surface area contributed by atoms with Gasteiger partial charge in [-0.15, -0.1) is 0 Å². The van der Waals surface area contributed by atoms with Crippen molar-refractivity contribution in [3.05, 3.63) is 22.3 Å². The fourth-order valence-electron chi connectivity index (χ4n) is 1.80. The Morgan fingerprint density at radius 2 is 2.00 bits per heavy atom. The average Bonchev–Trinajstić information content (AvgIpc) is 2.36. The third-order valence-corrected chi connectivity index (χ3v) is 3.33. The van der Waals surface area contributed by atoms with Crippen molar-refractivity contribution in [2.24, 2.45) is 0 Å². The molecule has 4 nitrogen and oxygen atoms in total. The molecule has 0 fully saturated rings. The predicted octanol–water partition coefficient (Wildman–Crippen LogP) is 2.34. The molecule has 0 bridgehead atoms. The first kappa shape index (κ1) is 16.4. The van der Waals surface area contributed by atoms with Crippen molar-refractivity contribution in [2.45, 2.75) is 19.9 Å². The minimum absolute atomic E-state index is 0.863. The maximum Gasteiger partial charge on any atom is 0.132 e. The van der Waals surface area contributed by atoms with E-state index in [9.17, 15) is 0 Å². The van der Waals surface area contributed by atoms with Crippen molar-refractivity contribution in [3.63, 3.8) is 0 Å². The van der Waals surface area contributed by atoms with E-state index in [1.165, 1.54) is 5.56 Å². The molecule has 0 saturated carbocycles. The van der Waals surface area contributed by atoms with Gasteiger partial charge in [-0.1, -0.05) is 6.92 Å². The highest BCUT2D eigenvalue weighted by Crippen LogP contribution is 2.20. The zero-order chi connectivity index (χ0) is 14.3. The number of likely N-dealkylation sites (N-methyl/N-ethyl adjacent to an activating group) is 2. The Balaban J connectivity index is 2.74. The fraction of sp³-hybridized carbons (Fsp3) is 0.643. The first-order valence-corrected chi connectivity index (χ1v) is 7.55. The average molecular weight is 329 g/mol. The molecule has 0 radical (unpaired) electrons. The monoisotopic (exact) mass is 328 g/mol. The molecule has 5 heteroatoms. The second-order valence-corrected chi connectivity index (χ2v) is 5.95. The molecule has 1 N–H and O–H groups in total. The Morgan fingerprint density at radius 1 is 1.26 bits per heavy atom. The molecule has 108 valence electrons. The van der Waals surface area contributed by atoms with E-state index in [1.54, 1.807) is 0 Å². The molecule has 1 rings (SSSR count). The lowest BCUT2D eigenvalue weighted by atomic mass is 10.2. The highest BCUT2D eigenvalue weighted by atomic mass is 79.9. The smallest absolute Gasteiger partial charge is 0.132 e. The van der Waals surface area contributed by atoms with Crippen LogP contribution in [-0.4, -0.2) is 50.7 Å². The van der Waals surface area contributed by atoms with E-state index in [2.05, 4.69) is 70.2 Å². The van der Waals surface area contributed by atoms with Crippen molar-refractivity contribution in [3.8, 4) is 0 Å². The molecule has 1 aromatic heterocycles. The van der Waals surface area contributed by atoms with Gasteiger partial charge >= 0.3 is 0 Å². The largest absolute Gasteiger partial charge is 0.358 e. The highest BCUT2D eigenvalue weighted by Gasteiger charge is 2.09. The molecular formula is C14H25BrN4. The normalized spacial score (nSPS) is 11.1. The standard InChI is InChI=1S/C14H25BrN4/c1-5-6-16-10-12-9-13(15)11-17-14(12)19(4)8-7-18(2)3/h9,11,16H,5-8,10H2,1-4H3. The number of nitrogens with one attached hydrogen (secondary N) is 1. The van der Waals surface area contributed by atoms with Gasteiger partial charge in [0, 0.05) is 42.9 Å². The maximum absolute atomic E-state index is 4.56. The Bertz CT molecular complexity index is 382. The van der Waals surface area contributed by atoms with Crippen molar-refractivity contribution in [1.82, 2.24) is 15.2 Å². The van der Waals surface area contributed by atoms with Crippen LogP contribution in [-0.2, 0) is 6.54 Å². The molecule has 0 aliphatic heterocycles. The molecular weight excluding hydrogens is 304 g/mol. The van der Waals surface area contributed by atoms with Gasteiger partial charge in [0.25, 0.3) is 0 Å². The van der Waals surface area contributed by atoms with Crippen LogP contribution in [0.2, 0.25) is 0 Å². The quantitative estimate of drug-likeness (QED) is 0.742. The Kier molecular flexibility index (Phi) is 7.34. The Hall–Kier alpha value is -0.650. The molecule has 0 amide bonds. The summed E-state index contributed by atoms with van der Waals surface area (Å²) in [7, 11) is 6.28. The molecule has 0 saturated heterocycles. The Morgan fingerprint density at radius 3 is 2.63 bits per heavy atom. The number of hydrogen-bond donors (Lipinski definition) is 1. The number of halogens is 1. The lowest BCUT2D eigenvalue weighted by molar-refractivity contribution is 0.416. The van der Waals surface area contributed by atoms with Gasteiger partial charge in [0.05, 0.1) is 0 Å². The second-order valence-electron chi connectivity index (χ2n) is 5.04. The van der Waals surface area contributed by atoms with Crippen molar-refractivity contribution >= 4 is 21.7 Å². The lowest BCUT2D eigenvalue weighted by Gasteiger charge is -2.23. The van der Waals surface area contributed by atoms with E-state index in [0.717, 1.165) is 42.9 Å². The third-order valence-electron chi connectivity index (χ3n) is 2.90. The number of aromatic nitrogens is 1. The van der Waals surface area contributed by atoms with Gasteiger partial charge in [-0.3, -0.25) is 0 Å². The summed E-state index contributed by atoms with van der Waals surface area (Å²) in [6.45, 7) is 6.07.